The molecule has 0 saturated heterocycles. The van der Waals surface area contributed by atoms with Crippen molar-refractivity contribution in [3.05, 3.63) is 57.5 Å². The molecule has 0 radical (unpaired) electrons. The molecule has 1 aromatic heterocycles. The van der Waals surface area contributed by atoms with Gasteiger partial charge in [-0.05, 0) is 43.3 Å². The van der Waals surface area contributed by atoms with Crippen LogP contribution in [-0.2, 0) is 6.54 Å². The molecule has 1 amide bonds. The van der Waals surface area contributed by atoms with E-state index in [9.17, 15) is 9.18 Å². The van der Waals surface area contributed by atoms with Gasteiger partial charge in [0.25, 0.3) is 5.91 Å². The molecule has 2 aromatic rings. The van der Waals surface area contributed by atoms with Crippen LogP contribution in [0.5, 0.6) is 0 Å². The van der Waals surface area contributed by atoms with Crippen molar-refractivity contribution in [2.24, 2.45) is 0 Å². The molecule has 1 N–H and O–H groups in total. The van der Waals surface area contributed by atoms with E-state index < -0.39 is 0 Å². The number of rotatable bonds is 3. The maximum Gasteiger partial charge on any atom is 0.251 e. The first-order valence-electron chi connectivity index (χ1n) is 5.24. The zero-order valence-electron chi connectivity index (χ0n) is 9.37. The lowest BCUT2D eigenvalue weighted by atomic mass is 10.2. The van der Waals surface area contributed by atoms with Crippen LogP contribution in [0.4, 0.5) is 4.39 Å². The molecule has 17 heavy (non-hydrogen) atoms. The number of carbonyl (C=O) groups is 1. The van der Waals surface area contributed by atoms with Crippen molar-refractivity contribution in [3.8, 4) is 0 Å². The van der Waals surface area contributed by atoms with Crippen molar-refractivity contribution >= 4 is 17.2 Å². The molecule has 0 aliphatic heterocycles. The van der Waals surface area contributed by atoms with E-state index in [1.165, 1.54) is 29.1 Å². The average Bonchev–Trinajstić information content (AvgIpc) is 2.73. The summed E-state index contributed by atoms with van der Waals surface area (Å²) in [5, 5.41) is 2.80. The second kappa shape index (κ2) is 5.10. The number of benzene rings is 1. The van der Waals surface area contributed by atoms with Crippen molar-refractivity contribution in [1.29, 1.82) is 0 Å². The third kappa shape index (κ3) is 3.14. The number of thiophene rings is 1. The van der Waals surface area contributed by atoms with E-state index in [-0.39, 0.29) is 11.7 Å². The van der Waals surface area contributed by atoms with Crippen LogP contribution in [0.2, 0.25) is 0 Å². The van der Waals surface area contributed by atoms with Crippen LogP contribution in [0.3, 0.4) is 0 Å². The maximum absolute atomic E-state index is 12.7. The third-order valence-corrected chi connectivity index (χ3v) is 3.33. The number of hydrogen-bond acceptors (Lipinski definition) is 2. The molecule has 1 aromatic carbocycles. The van der Waals surface area contributed by atoms with E-state index >= 15 is 0 Å². The van der Waals surface area contributed by atoms with Crippen LogP contribution in [0, 0.1) is 12.7 Å². The molecule has 0 fully saturated rings. The first-order valence-corrected chi connectivity index (χ1v) is 6.06. The lowest BCUT2D eigenvalue weighted by Gasteiger charge is -2.03. The third-order valence-electron chi connectivity index (χ3n) is 2.33. The molecule has 0 spiro atoms. The topological polar surface area (TPSA) is 29.1 Å². The Bertz CT molecular complexity index is 518. The minimum atomic E-state index is -0.338. The van der Waals surface area contributed by atoms with E-state index in [1.54, 1.807) is 11.3 Å². The van der Waals surface area contributed by atoms with Crippen LogP contribution >= 0.6 is 11.3 Å². The molecule has 0 saturated carbocycles. The van der Waals surface area contributed by atoms with Gasteiger partial charge in [-0.2, -0.15) is 0 Å². The molecule has 1 heterocycles. The van der Waals surface area contributed by atoms with Gasteiger partial charge in [-0.15, -0.1) is 11.3 Å². The smallest absolute Gasteiger partial charge is 0.251 e. The van der Waals surface area contributed by atoms with Gasteiger partial charge in [0.05, 0.1) is 6.54 Å². The lowest BCUT2D eigenvalue weighted by molar-refractivity contribution is 0.0951. The standard InChI is InChI=1S/C13H12FNOS/c1-9-2-7-12(17-9)8-15-13(16)10-3-5-11(14)6-4-10/h2-7H,8H2,1H3,(H,15,16). The largest absolute Gasteiger partial charge is 0.347 e. The van der Waals surface area contributed by atoms with E-state index in [0.717, 1.165) is 4.88 Å². The first-order chi connectivity index (χ1) is 8.15. The van der Waals surface area contributed by atoms with Gasteiger partial charge in [0, 0.05) is 15.3 Å². The van der Waals surface area contributed by atoms with Gasteiger partial charge >= 0.3 is 0 Å². The molecule has 2 rings (SSSR count). The van der Waals surface area contributed by atoms with Crippen LogP contribution in [0.15, 0.2) is 36.4 Å². The fourth-order valence-corrected chi connectivity index (χ4v) is 2.28. The van der Waals surface area contributed by atoms with Gasteiger partial charge in [0.1, 0.15) is 5.82 Å². The summed E-state index contributed by atoms with van der Waals surface area (Å²) in [4.78, 5) is 14.0. The molecule has 2 nitrogen and oxygen atoms in total. The van der Waals surface area contributed by atoms with Crippen molar-refractivity contribution in [2.45, 2.75) is 13.5 Å². The SMILES string of the molecule is Cc1ccc(CNC(=O)c2ccc(F)cc2)s1. The number of carbonyl (C=O) groups excluding carboxylic acids is 1. The number of aryl methyl sites for hydroxylation is 1. The number of halogens is 1. The fourth-order valence-electron chi connectivity index (χ4n) is 1.45. The van der Waals surface area contributed by atoms with Crippen molar-refractivity contribution in [3.63, 3.8) is 0 Å². The van der Waals surface area contributed by atoms with Gasteiger partial charge in [0.15, 0.2) is 0 Å². The highest BCUT2D eigenvalue weighted by Crippen LogP contribution is 2.14. The molecule has 4 heteroatoms. The monoisotopic (exact) mass is 249 g/mol. The predicted molar refractivity (Wildman–Crippen MR) is 66.6 cm³/mol. The van der Waals surface area contributed by atoms with E-state index in [1.807, 2.05) is 19.1 Å². The zero-order chi connectivity index (χ0) is 12.3. The lowest BCUT2D eigenvalue weighted by Crippen LogP contribution is -2.22. The van der Waals surface area contributed by atoms with Crippen LogP contribution in [-0.4, -0.2) is 5.91 Å². The number of hydrogen-bond donors (Lipinski definition) is 1. The van der Waals surface area contributed by atoms with Gasteiger partial charge in [-0.3, -0.25) is 4.79 Å². The normalized spacial score (nSPS) is 10.2. The molecule has 0 aliphatic rings. The highest BCUT2D eigenvalue weighted by atomic mass is 32.1. The number of amides is 1. The van der Waals surface area contributed by atoms with Crippen molar-refractivity contribution in [1.82, 2.24) is 5.32 Å². The second-order valence-corrected chi connectivity index (χ2v) is 5.07. The molecular weight excluding hydrogens is 237 g/mol. The van der Waals surface area contributed by atoms with E-state index in [0.29, 0.717) is 12.1 Å². The summed E-state index contributed by atoms with van der Waals surface area (Å²) < 4.78 is 12.7. The maximum atomic E-state index is 12.7. The Morgan fingerprint density at radius 1 is 1.24 bits per heavy atom. The van der Waals surface area contributed by atoms with E-state index in [4.69, 9.17) is 0 Å². The second-order valence-electron chi connectivity index (χ2n) is 3.70. The highest BCUT2D eigenvalue weighted by molar-refractivity contribution is 7.11. The first kappa shape index (κ1) is 11.8. The predicted octanol–water partition coefficient (Wildman–Crippen LogP) is 3.13. The molecular formula is C13H12FNOS. The Morgan fingerprint density at radius 2 is 1.94 bits per heavy atom. The van der Waals surface area contributed by atoms with Crippen LogP contribution < -0.4 is 5.32 Å². The Balaban J connectivity index is 1.95. The fraction of sp³-hybridized carbons (Fsp3) is 0.154. The highest BCUT2D eigenvalue weighted by Gasteiger charge is 2.05. The van der Waals surface area contributed by atoms with Crippen LogP contribution in [0.25, 0.3) is 0 Å². The summed E-state index contributed by atoms with van der Waals surface area (Å²) in [6, 6.07) is 9.53. The minimum absolute atomic E-state index is 0.184. The summed E-state index contributed by atoms with van der Waals surface area (Å²) >= 11 is 1.65. The Labute approximate surface area is 103 Å². The molecule has 0 unspecified atom stereocenters. The molecule has 0 atom stereocenters. The van der Waals surface area contributed by atoms with Gasteiger partial charge < -0.3 is 5.32 Å². The van der Waals surface area contributed by atoms with Gasteiger partial charge in [-0.1, -0.05) is 0 Å². The van der Waals surface area contributed by atoms with Crippen LogP contribution in [0.1, 0.15) is 20.1 Å². The summed E-state index contributed by atoms with van der Waals surface area (Å²) in [5.41, 5.74) is 0.472. The summed E-state index contributed by atoms with van der Waals surface area (Å²) in [7, 11) is 0. The van der Waals surface area contributed by atoms with Gasteiger partial charge in [0.2, 0.25) is 0 Å². The van der Waals surface area contributed by atoms with E-state index in [2.05, 4.69) is 5.32 Å². The minimum Gasteiger partial charge on any atom is -0.347 e. The van der Waals surface area contributed by atoms with Crippen molar-refractivity contribution in [2.75, 3.05) is 0 Å². The molecule has 0 bridgehead atoms. The molecule has 0 aliphatic carbocycles. The Morgan fingerprint density at radius 3 is 2.53 bits per heavy atom. The summed E-state index contributed by atoms with van der Waals surface area (Å²) in [5.74, 6) is -0.522. The van der Waals surface area contributed by atoms with Gasteiger partial charge in [-0.25, -0.2) is 4.39 Å². The zero-order valence-corrected chi connectivity index (χ0v) is 10.2. The average molecular weight is 249 g/mol. The Hall–Kier alpha value is -1.68. The summed E-state index contributed by atoms with van der Waals surface area (Å²) in [6.07, 6.45) is 0. The quantitative estimate of drug-likeness (QED) is 0.889. The Kier molecular flexibility index (Phi) is 3.54. The molecule has 88 valence electrons. The summed E-state index contributed by atoms with van der Waals surface area (Å²) in [6.45, 7) is 2.53. The number of nitrogens with one attached hydrogen (secondary N) is 1. The van der Waals surface area contributed by atoms with Crippen molar-refractivity contribution < 1.29 is 9.18 Å².